The van der Waals surface area contributed by atoms with Gasteiger partial charge in [0.1, 0.15) is 0 Å². The van der Waals surface area contributed by atoms with Crippen molar-refractivity contribution in [1.82, 2.24) is 14.2 Å². The first-order valence-corrected chi connectivity index (χ1v) is 19.2. The molecule has 1 aromatic carbocycles. The minimum Gasteiger partial charge on any atom is -0.343 e. The van der Waals surface area contributed by atoms with Gasteiger partial charge in [-0.3, -0.25) is 4.79 Å². The molecule has 1 N–H and O–H groups in total. The third-order valence-corrected chi connectivity index (χ3v) is 12.6. The molecule has 2 aromatic rings. The highest BCUT2D eigenvalue weighted by Gasteiger charge is 2.34. The van der Waals surface area contributed by atoms with Crippen LogP contribution in [0.15, 0.2) is 61.2 Å². The number of aromatic nitrogens is 1. The van der Waals surface area contributed by atoms with Gasteiger partial charge >= 0.3 is 0 Å². The van der Waals surface area contributed by atoms with E-state index in [1.54, 1.807) is 0 Å². The maximum atomic E-state index is 14.4. The highest BCUT2D eigenvalue weighted by atomic mass is 32.2. The van der Waals surface area contributed by atoms with Crippen molar-refractivity contribution in [2.24, 2.45) is 17.8 Å². The first-order valence-electron chi connectivity index (χ1n) is 17.4. The van der Waals surface area contributed by atoms with Crippen molar-refractivity contribution in [2.45, 2.75) is 102 Å². The number of nitrogens with zero attached hydrogens (tertiary/aromatic N) is 2. The van der Waals surface area contributed by atoms with Crippen molar-refractivity contribution < 1.29 is 9.00 Å². The number of hydrogen-bond donors (Lipinski definition) is 1. The number of benzene rings is 1. The quantitative estimate of drug-likeness (QED) is 0.260. The number of likely N-dealkylation sites (tertiary alicyclic amines) is 1. The second-order valence-corrected chi connectivity index (χ2v) is 16.9. The molecule has 2 saturated carbocycles. The van der Waals surface area contributed by atoms with Crippen LogP contribution in [0.2, 0.25) is 0 Å². The average Bonchev–Trinajstić information content (AvgIpc) is 3.82. The van der Waals surface area contributed by atoms with Gasteiger partial charge < -0.3 is 14.2 Å². The Morgan fingerprint density at radius 1 is 0.978 bits per heavy atom. The number of carbonyl (C=O) groups excluding carboxylic acids is 1. The fourth-order valence-corrected chi connectivity index (χ4v) is 9.83. The van der Waals surface area contributed by atoms with E-state index in [4.69, 9.17) is 0 Å². The monoisotopic (exact) mass is 627 g/mol. The second-order valence-electron chi connectivity index (χ2n) is 14.6. The predicted octanol–water partition coefficient (Wildman–Crippen LogP) is 8.17. The Kier molecular flexibility index (Phi) is 9.52. The summed E-state index contributed by atoms with van der Waals surface area (Å²) in [5.41, 5.74) is 6.57. The minimum absolute atomic E-state index is 0.130. The molecule has 3 heterocycles. The zero-order chi connectivity index (χ0) is 31.7. The standard InChI is InChI=1S/C39H53N3O2S/c1-27-13-9-6-7-12-16-36-38(31-14-10-8-11-15-31)35-20-17-32(30(4)40-45(5,44)34-18-19-34)23-37(35)42(36)26-33(22-27)39(43)41-24-28(2)21-29(3)25-41/h7,9,12-13,17,20,23,28-29,31,33-34H,1,4-6,8,10-11,14-16,18-19,21-22,24-26H2,2-3H3,(H,40,44)/b12-7-,13-9-/t28-,29+,33?,45?. The minimum atomic E-state index is -2.42. The van der Waals surface area contributed by atoms with Crippen LogP contribution in [0.1, 0.15) is 101 Å². The first kappa shape index (κ1) is 32.0. The largest absolute Gasteiger partial charge is 0.343 e. The van der Waals surface area contributed by atoms with Crippen molar-refractivity contribution in [2.75, 3.05) is 13.1 Å². The number of rotatable bonds is 6. The molecular weight excluding hydrogens is 575 g/mol. The van der Waals surface area contributed by atoms with Gasteiger partial charge in [-0.15, -0.1) is 0 Å². The molecular formula is C39H53N3O2S. The summed E-state index contributed by atoms with van der Waals surface area (Å²) in [6.07, 6.45) is 20.6. The SMILES string of the molecule is C=C1/C=C\C/C=C\Cc2c(C3CCCCC3)c3ccc(C(=C)NS(=C)(=O)C4CC4)cc3n2CC(C(=O)N2C[C@H](C)C[C@H](C)C2)C1. The fourth-order valence-electron chi connectivity index (χ4n) is 8.23. The van der Waals surface area contributed by atoms with Crippen molar-refractivity contribution in [3.05, 3.63) is 78.1 Å². The fraction of sp³-hybridized carbons (Fsp3) is 0.538. The molecule has 0 bridgehead atoms. The number of fused-ring (bicyclic) bond motifs is 3. The summed E-state index contributed by atoms with van der Waals surface area (Å²) in [5.74, 6) is 5.63. The summed E-state index contributed by atoms with van der Waals surface area (Å²) in [4.78, 5) is 16.6. The lowest BCUT2D eigenvalue weighted by atomic mass is 9.82. The van der Waals surface area contributed by atoms with Crippen molar-refractivity contribution >= 4 is 38.1 Å². The Morgan fingerprint density at radius 2 is 1.71 bits per heavy atom. The van der Waals surface area contributed by atoms with Crippen LogP contribution in [0.25, 0.3) is 16.6 Å². The molecule has 0 spiro atoms. The highest BCUT2D eigenvalue weighted by Crippen LogP contribution is 2.42. The number of carbonyl (C=O) groups is 1. The Bertz CT molecular complexity index is 1610. The maximum Gasteiger partial charge on any atom is 0.227 e. The van der Waals surface area contributed by atoms with E-state index in [9.17, 15) is 9.00 Å². The zero-order valence-corrected chi connectivity index (χ0v) is 28.4. The summed E-state index contributed by atoms with van der Waals surface area (Å²) >= 11 is 0. The first-order chi connectivity index (χ1) is 21.6. The smallest absolute Gasteiger partial charge is 0.227 e. The predicted molar refractivity (Wildman–Crippen MR) is 192 cm³/mol. The van der Waals surface area contributed by atoms with Gasteiger partial charge in [-0.05, 0) is 85.8 Å². The van der Waals surface area contributed by atoms with Crippen LogP contribution in [0.5, 0.6) is 0 Å². The number of allylic oxidation sites excluding steroid dienone is 5. The van der Waals surface area contributed by atoms with Crippen molar-refractivity contribution in [3.8, 4) is 0 Å². The lowest BCUT2D eigenvalue weighted by Gasteiger charge is -2.37. The Labute approximate surface area is 271 Å². The Hall–Kier alpha value is -2.99. The van der Waals surface area contributed by atoms with E-state index in [1.807, 2.05) is 0 Å². The molecule has 2 unspecified atom stereocenters. The van der Waals surface area contributed by atoms with Crippen molar-refractivity contribution in [1.29, 1.82) is 0 Å². The molecule has 4 atom stereocenters. The molecule has 2 aliphatic carbocycles. The van der Waals surface area contributed by atoms with Gasteiger partial charge in [0, 0.05) is 63.3 Å². The average molecular weight is 628 g/mol. The number of hydrogen-bond acceptors (Lipinski definition) is 2. The van der Waals surface area contributed by atoms with E-state index >= 15 is 0 Å². The lowest BCUT2D eigenvalue weighted by Crippen LogP contribution is -2.46. The van der Waals surface area contributed by atoms with Gasteiger partial charge in [-0.25, -0.2) is 4.21 Å². The molecule has 1 saturated heterocycles. The number of amides is 1. The van der Waals surface area contributed by atoms with Crippen molar-refractivity contribution in [3.63, 3.8) is 0 Å². The summed E-state index contributed by atoms with van der Waals surface area (Å²) < 4.78 is 18.9. The van der Waals surface area contributed by atoms with Crippen LogP contribution < -0.4 is 4.72 Å². The topological polar surface area (TPSA) is 54.3 Å². The van der Waals surface area contributed by atoms with Gasteiger partial charge in [-0.1, -0.05) is 88.3 Å². The number of piperidine rings is 1. The van der Waals surface area contributed by atoms with E-state index in [0.717, 1.165) is 55.4 Å². The number of nitrogens with one attached hydrogen (secondary N) is 1. The maximum absolute atomic E-state index is 14.4. The van der Waals surface area contributed by atoms with Crippen LogP contribution in [0.3, 0.4) is 0 Å². The lowest BCUT2D eigenvalue weighted by molar-refractivity contribution is -0.138. The van der Waals surface area contributed by atoms with Gasteiger partial charge in [-0.2, -0.15) is 0 Å². The van der Waals surface area contributed by atoms with Crippen LogP contribution in [0.4, 0.5) is 0 Å². The third kappa shape index (κ3) is 7.21. The molecule has 1 aromatic heterocycles. The van der Waals surface area contributed by atoms with E-state index < -0.39 is 9.71 Å². The van der Waals surface area contributed by atoms with Gasteiger partial charge in [0.15, 0.2) is 0 Å². The molecule has 5 nitrogen and oxygen atoms in total. The molecule has 3 fully saturated rings. The van der Waals surface area contributed by atoms with Crippen LogP contribution in [0, 0.1) is 17.8 Å². The summed E-state index contributed by atoms with van der Waals surface area (Å²) in [5, 5.41) is 1.42. The van der Waals surface area contributed by atoms with Gasteiger partial charge in [0.25, 0.3) is 0 Å². The molecule has 2 aliphatic heterocycles. The molecule has 0 radical (unpaired) electrons. The van der Waals surface area contributed by atoms with E-state index in [2.05, 4.69) is 89.6 Å². The molecule has 242 valence electrons. The van der Waals surface area contributed by atoms with E-state index in [-0.39, 0.29) is 17.1 Å². The van der Waals surface area contributed by atoms with Gasteiger partial charge in [0.05, 0.1) is 5.92 Å². The summed E-state index contributed by atoms with van der Waals surface area (Å²) in [7, 11) is -2.42. The molecule has 6 rings (SSSR count). The van der Waals surface area contributed by atoms with Crippen LogP contribution >= 0.6 is 0 Å². The van der Waals surface area contributed by atoms with Crippen LogP contribution in [-0.2, 0) is 27.5 Å². The Balaban J connectivity index is 1.46. The normalized spacial score (nSPS) is 27.9. The summed E-state index contributed by atoms with van der Waals surface area (Å²) in [6, 6.07) is 6.62. The molecule has 4 aliphatic rings. The second kappa shape index (κ2) is 13.4. The zero-order valence-electron chi connectivity index (χ0n) is 27.6. The molecule has 45 heavy (non-hydrogen) atoms. The Morgan fingerprint density at radius 3 is 2.42 bits per heavy atom. The third-order valence-electron chi connectivity index (χ3n) is 10.5. The van der Waals surface area contributed by atoms with Crippen LogP contribution in [-0.4, -0.2) is 43.8 Å². The molecule has 6 heteroatoms. The molecule has 1 amide bonds. The van der Waals surface area contributed by atoms with Gasteiger partial charge in [0.2, 0.25) is 5.91 Å². The summed E-state index contributed by atoms with van der Waals surface area (Å²) in [6.45, 7) is 15.5. The van der Waals surface area contributed by atoms with E-state index in [1.165, 1.54) is 55.2 Å². The van der Waals surface area contributed by atoms with E-state index in [0.29, 0.717) is 36.4 Å². The highest BCUT2D eigenvalue weighted by molar-refractivity contribution is 7.99.